The van der Waals surface area contributed by atoms with Crippen LogP contribution in [-0.2, 0) is 20.7 Å². The molecule has 2 saturated heterocycles. The molecule has 8 heteroatoms. The number of aliphatic hydroxyl groups is 1. The fourth-order valence-electron chi connectivity index (χ4n) is 4.79. The Bertz CT molecular complexity index is 1090. The van der Waals surface area contributed by atoms with Crippen molar-refractivity contribution in [2.75, 3.05) is 39.4 Å². The van der Waals surface area contributed by atoms with Gasteiger partial charge in [-0.25, -0.2) is 0 Å². The van der Waals surface area contributed by atoms with Crippen molar-refractivity contribution in [2.24, 2.45) is 0 Å². The second kappa shape index (κ2) is 8.96. The zero-order chi connectivity index (χ0) is 22.9. The van der Waals surface area contributed by atoms with Crippen molar-refractivity contribution in [3.8, 4) is 5.75 Å². The lowest BCUT2D eigenvalue weighted by molar-refractivity contribution is -0.140. The Morgan fingerprint density at radius 2 is 2.00 bits per heavy atom. The molecule has 8 nitrogen and oxygen atoms in total. The lowest BCUT2D eigenvalue weighted by Gasteiger charge is -2.30. The maximum Gasteiger partial charge on any atom is 0.295 e. The molecule has 3 aliphatic rings. The third kappa shape index (κ3) is 4.12. The number of pyridine rings is 1. The number of aliphatic hydroxyl groups excluding tert-OH is 1. The number of carbonyl (C=O) groups excluding carboxylic acids is 2. The molecule has 0 spiro atoms. The van der Waals surface area contributed by atoms with Gasteiger partial charge in [0.15, 0.2) is 0 Å². The summed E-state index contributed by atoms with van der Waals surface area (Å²) in [7, 11) is 0. The van der Waals surface area contributed by atoms with Gasteiger partial charge in [0.05, 0.1) is 24.8 Å². The third-order valence-electron chi connectivity index (χ3n) is 6.47. The Hall–Kier alpha value is -3.23. The van der Waals surface area contributed by atoms with Gasteiger partial charge < -0.3 is 19.5 Å². The Labute approximate surface area is 192 Å². The van der Waals surface area contributed by atoms with Crippen molar-refractivity contribution in [3.05, 3.63) is 65.0 Å². The molecule has 1 aromatic carbocycles. The van der Waals surface area contributed by atoms with Gasteiger partial charge in [0.2, 0.25) is 0 Å². The molecule has 5 rings (SSSR count). The number of rotatable bonds is 5. The van der Waals surface area contributed by atoms with Crippen molar-refractivity contribution in [1.82, 2.24) is 14.8 Å². The van der Waals surface area contributed by atoms with E-state index < -0.39 is 17.7 Å². The van der Waals surface area contributed by atoms with Crippen LogP contribution in [0.3, 0.4) is 0 Å². The lowest BCUT2D eigenvalue weighted by atomic mass is 9.95. The van der Waals surface area contributed by atoms with E-state index in [0.717, 1.165) is 30.8 Å². The number of aromatic nitrogens is 1. The van der Waals surface area contributed by atoms with Gasteiger partial charge in [0, 0.05) is 50.6 Å². The Kier molecular flexibility index (Phi) is 5.86. The number of carbonyl (C=O) groups is 2. The van der Waals surface area contributed by atoms with E-state index >= 15 is 0 Å². The average molecular weight is 450 g/mol. The summed E-state index contributed by atoms with van der Waals surface area (Å²) in [5, 5.41) is 11.3. The molecule has 172 valence electrons. The number of benzene rings is 1. The maximum atomic E-state index is 13.2. The van der Waals surface area contributed by atoms with Crippen LogP contribution < -0.4 is 4.74 Å². The molecule has 33 heavy (non-hydrogen) atoms. The molecule has 1 N–H and O–H groups in total. The number of amides is 1. The van der Waals surface area contributed by atoms with Crippen molar-refractivity contribution < 1.29 is 24.2 Å². The van der Waals surface area contributed by atoms with Gasteiger partial charge in [0.1, 0.15) is 17.6 Å². The van der Waals surface area contributed by atoms with Crippen LogP contribution in [0.1, 0.15) is 29.7 Å². The molecule has 2 fully saturated rings. The van der Waals surface area contributed by atoms with Crippen molar-refractivity contribution in [1.29, 1.82) is 0 Å². The van der Waals surface area contributed by atoms with Gasteiger partial charge in [-0.3, -0.25) is 19.5 Å². The summed E-state index contributed by atoms with van der Waals surface area (Å²) >= 11 is 0. The first-order valence-electron chi connectivity index (χ1n) is 11.3. The van der Waals surface area contributed by atoms with Crippen LogP contribution in [0.2, 0.25) is 0 Å². The summed E-state index contributed by atoms with van der Waals surface area (Å²) in [6.45, 7) is 5.88. The zero-order valence-corrected chi connectivity index (χ0v) is 18.6. The summed E-state index contributed by atoms with van der Waals surface area (Å²) in [4.78, 5) is 34.2. The quantitative estimate of drug-likeness (QED) is 0.425. The Morgan fingerprint density at radius 1 is 1.18 bits per heavy atom. The second-order valence-corrected chi connectivity index (χ2v) is 8.69. The average Bonchev–Trinajstić information content (AvgIpc) is 3.34. The highest BCUT2D eigenvalue weighted by Crippen LogP contribution is 2.40. The van der Waals surface area contributed by atoms with Gasteiger partial charge >= 0.3 is 0 Å². The van der Waals surface area contributed by atoms with Crippen molar-refractivity contribution in [2.45, 2.75) is 25.5 Å². The predicted octanol–water partition coefficient (Wildman–Crippen LogP) is 2.16. The molecule has 3 aliphatic heterocycles. The number of morpholine rings is 1. The normalized spacial score (nSPS) is 24.7. The monoisotopic (exact) mass is 449 g/mol. The predicted molar refractivity (Wildman–Crippen MR) is 121 cm³/mol. The number of Topliss-reactive ketones (excluding diaryl/α,β-unsaturated/α-hetero) is 1. The first-order valence-corrected chi connectivity index (χ1v) is 11.3. The van der Waals surface area contributed by atoms with Crippen LogP contribution in [0.5, 0.6) is 5.75 Å². The lowest BCUT2D eigenvalue weighted by Crippen LogP contribution is -2.42. The molecule has 1 amide bonds. The molecule has 0 bridgehead atoms. The molecule has 2 atom stereocenters. The highest BCUT2D eigenvalue weighted by Gasteiger charge is 2.46. The maximum absolute atomic E-state index is 13.2. The van der Waals surface area contributed by atoms with Crippen molar-refractivity contribution >= 4 is 17.4 Å². The highest BCUT2D eigenvalue weighted by atomic mass is 16.5. The first kappa shape index (κ1) is 21.6. The summed E-state index contributed by atoms with van der Waals surface area (Å²) in [6.07, 6.45) is 4.09. The molecular weight excluding hydrogens is 422 g/mol. The van der Waals surface area contributed by atoms with E-state index in [-0.39, 0.29) is 17.4 Å². The minimum atomic E-state index is -0.692. The number of likely N-dealkylation sites (tertiary alicyclic amines) is 1. The van der Waals surface area contributed by atoms with E-state index in [1.165, 1.54) is 0 Å². The van der Waals surface area contributed by atoms with Crippen molar-refractivity contribution in [3.63, 3.8) is 0 Å². The van der Waals surface area contributed by atoms with E-state index in [1.807, 2.05) is 25.1 Å². The summed E-state index contributed by atoms with van der Waals surface area (Å²) in [6, 6.07) is 8.29. The fourth-order valence-corrected chi connectivity index (χ4v) is 4.79. The second-order valence-electron chi connectivity index (χ2n) is 8.69. The summed E-state index contributed by atoms with van der Waals surface area (Å²) < 4.78 is 11.2. The number of fused-ring (bicyclic) bond motifs is 1. The van der Waals surface area contributed by atoms with E-state index in [9.17, 15) is 14.7 Å². The minimum Gasteiger partial charge on any atom is -0.507 e. The SMILES string of the molecule is CC1Cc2cc(/C(O)=C3\C(=O)C(=O)N(CCN4CCOCC4)C3c3cccnc3)ccc2O1. The smallest absolute Gasteiger partial charge is 0.295 e. The molecule has 0 saturated carbocycles. The largest absolute Gasteiger partial charge is 0.507 e. The van der Waals surface area contributed by atoms with Crippen LogP contribution in [0.25, 0.3) is 5.76 Å². The van der Waals surface area contributed by atoms with Gasteiger partial charge in [-0.05, 0) is 42.3 Å². The van der Waals surface area contributed by atoms with Crippen LogP contribution in [0.4, 0.5) is 0 Å². The molecule has 2 aromatic rings. The molecule has 1 aromatic heterocycles. The number of ether oxygens (including phenoxy) is 2. The van der Waals surface area contributed by atoms with Crippen LogP contribution in [-0.4, -0.2) is 77.1 Å². The Morgan fingerprint density at radius 3 is 2.76 bits per heavy atom. The van der Waals surface area contributed by atoms with E-state index in [2.05, 4.69) is 9.88 Å². The Balaban J connectivity index is 1.51. The highest BCUT2D eigenvalue weighted by molar-refractivity contribution is 6.46. The van der Waals surface area contributed by atoms with E-state index in [4.69, 9.17) is 9.47 Å². The number of hydrogen-bond donors (Lipinski definition) is 1. The number of nitrogens with zero attached hydrogens (tertiary/aromatic N) is 3. The molecular formula is C25H27N3O5. The standard InChI is InChI=1S/C25H27N3O5/c1-16-13-19-14-17(4-5-20(19)33-16)23(29)21-22(18-3-2-6-26-15-18)28(25(31)24(21)30)8-7-27-9-11-32-12-10-27/h2-6,14-16,22,29H,7-13H2,1H3/b23-21+. The molecule has 0 aliphatic carbocycles. The topological polar surface area (TPSA) is 92.2 Å². The fraction of sp³-hybridized carbons (Fsp3) is 0.400. The number of ketones is 1. The summed E-state index contributed by atoms with van der Waals surface area (Å²) in [5.41, 5.74) is 2.28. The summed E-state index contributed by atoms with van der Waals surface area (Å²) in [5.74, 6) is -0.655. The van der Waals surface area contributed by atoms with Crippen LogP contribution in [0, 0.1) is 0 Å². The van der Waals surface area contributed by atoms with Gasteiger partial charge in [0.25, 0.3) is 11.7 Å². The zero-order valence-electron chi connectivity index (χ0n) is 18.6. The third-order valence-corrected chi connectivity index (χ3v) is 6.47. The molecule has 4 heterocycles. The minimum absolute atomic E-state index is 0.0681. The molecule has 0 radical (unpaired) electrons. The van der Waals surface area contributed by atoms with E-state index in [1.54, 1.807) is 29.4 Å². The van der Waals surface area contributed by atoms with Gasteiger partial charge in [-0.1, -0.05) is 6.07 Å². The number of hydrogen-bond acceptors (Lipinski definition) is 7. The first-order chi connectivity index (χ1) is 16.0. The van der Waals surface area contributed by atoms with E-state index in [0.29, 0.717) is 37.4 Å². The molecule has 2 unspecified atom stereocenters. The van der Waals surface area contributed by atoms with Crippen LogP contribution >= 0.6 is 0 Å². The van der Waals surface area contributed by atoms with Gasteiger partial charge in [-0.2, -0.15) is 0 Å². The van der Waals surface area contributed by atoms with Crippen LogP contribution in [0.15, 0.2) is 48.3 Å². The van der Waals surface area contributed by atoms with Gasteiger partial charge in [-0.15, -0.1) is 0 Å².